The number of nitrogens with one attached hydrogen (secondary N) is 1. The number of anilines is 1. The number of hydrogen-bond acceptors (Lipinski definition) is 7. The second kappa shape index (κ2) is 4.38. The third kappa shape index (κ3) is 1.75. The first kappa shape index (κ1) is 12.2. The number of nitrogens with zero attached hydrogens (tertiary/aromatic N) is 4. The van der Waals surface area contributed by atoms with Crippen molar-refractivity contribution >= 4 is 17.0 Å². The van der Waals surface area contributed by atoms with Gasteiger partial charge in [0.25, 0.3) is 0 Å². The van der Waals surface area contributed by atoms with Crippen LogP contribution in [0.4, 0.5) is 5.82 Å². The van der Waals surface area contributed by atoms with Crippen molar-refractivity contribution in [3.05, 3.63) is 12.7 Å². The van der Waals surface area contributed by atoms with E-state index in [1.54, 1.807) is 0 Å². The summed E-state index contributed by atoms with van der Waals surface area (Å²) in [5.74, 6) is 0.230. The van der Waals surface area contributed by atoms with Crippen LogP contribution in [0, 0.1) is 0 Å². The number of aliphatic hydroxyl groups excluding tert-OH is 2. The summed E-state index contributed by atoms with van der Waals surface area (Å²) in [6, 6.07) is 0. The van der Waals surface area contributed by atoms with Gasteiger partial charge in [-0.15, -0.1) is 0 Å². The highest BCUT2D eigenvalue weighted by atomic mass is 16.6. The molecule has 3 heterocycles. The van der Waals surface area contributed by atoms with E-state index < -0.39 is 24.5 Å². The monoisotopic (exact) mass is 265 g/mol. The molecule has 1 radical (unpaired) electrons. The molecule has 0 unspecified atom stereocenters. The molecule has 101 valence electrons. The minimum absolute atomic E-state index is 0.140. The molecule has 2 aromatic rings. The van der Waals surface area contributed by atoms with E-state index in [9.17, 15) is 10.2 Å². The van der Waals surface area contributed by atoms with Crippen molar-refractivity contribution in [3.8, 4) is 0 Å². The molecule has 3 rings (SSSR count). The zero-order chi connectivity index (χ0) is 13.6. The van der Waals surface area contributed by atoms with Gasteiger partial charge in [-0.2, -0.15) is 0 Å². The molecule has 0 aliphatic carbocycles. The largest absolute Gasteiger partial charge is 0.387 e. The maximum Gasteiger partial charge on any atom is 0.167 e. The molecule has 1 fully saturated rings. The lowest BCUT2D eigenvalue weighted by molar-refractivity contribution is -0.0325. The number of aromatic nitrogens is 4. The van der Waals surface area contributed by atoms with E-state index in [1.807, 2.05) is 0 Å². The summed E-state index contributed by atoms with van der Waals surface area (Å²) in [6.07, 6.45) is -1.14. The second-order valence-electron chi connectivity index (χ2n) is 4.33. The van der Waals surface area contributed by atoms with E-state index in [0.29, 0.717) is 11.2 Å². The molecule has 5 N–H and O–H groups in total. The van der Waals surface area contributed by atoms with Crippen LogP contribution in [0.1, 0.15) is 6.23 Å². The standard InChI is InChI=1S/C10H13N6O3/c11-1-4-6(17)7(18)10(19-4)16-3-15-5-8(12)13-2-14-9(5)16/h2-4,6-7,10-11,17-18H,1H2,(H2,12,13,14)/t4-,6-,7-,10-/m1/s1. The van der Waals surface area contributed by atoms with Gasteiger partial charge in [0.1, 0.15) is 30.2 Å². The van der Waals surface area contributed by atoms with Crippen LogP contribution in [0.3, 0.4) is 0 Å². The lowest BCUT2D eigenvalue weighted by Crippen LogP contribution is -2.33. The average molecular weight is 265 g/mol. The summed E-state index contributed by atoms with van der Waals surface area (Å²) in [4.78, 5) is 11.9. The Morgan fingerprint density at radius 1 is 1.32 bits per heavy atom. The lowest BCUT2D eigenvalue weighted by atomic mass is 10.1. The fourth-order valence-corrected chi connectivity index (χ4v) is 2.18. The first-order valence-corrected chi connectivity index (χ1v) is 5.72. The molecule has 0 bridgehead atoms. The van der Waals surface area contributed by atoms with E-state index in [4.69, 9.17) is 16.2 Å². The molecule has 0 spiro atoms. The molecule has 9 nitrogen and oxygen atoms in total. The number of hydrogen-bond donors (Lipinski definition) is 3. The summed E-state index contributed by atoms with van der Waals surface area (Å²) < 4.78 is 6.94. The SMILES string of the molecule is [NH]C[C@H]1O[C@@H](n2cnc3c(N)ncnc32)[C@H](O)[C@@H]1O. The number of nitrogens with two attached hydrogens (primary N) is 1. The van der Waals surface area contributed by atoms with Gasteiger partial charge < -0.3 is 20.7 Å². The average Bonchev–Trinajstić information content (AvgIpc) is 2.94. The van der Waals surface area contributed by atoms with E-state index >= 15 is 0 Å². The van der Waals surface area contributed by atoms with Gasteiger partial charge >= 0.3 is 0 Å². The molecule has 0 amide bonds. The van der Waals surface area contributed by atoms with Crippen LogP contribution in [-0.4, -0.2) is 54.6 Å². The predicted octanol–water partition coefficient (Wildman–Crippen LogP) is -1.69. The van der Waals surface area contributed by atoms with Gasteiger partial charge in [0.05, 0.1) is 6.33 Å². The summed E-state index contributed by atoms with van der Waals surface area (Å²) in [5.41, 5.74) is 13.8. The quantitative estimate of drug-likeness (QED) is 0.587. The van der Waals surface area contributed by atoms with Crippen LogP contribution in [0.5, 0.6) is 0 Å². The highest BCUT2D eigenvalue weighted by Crippen LogP contribution is 2.31. The first-order chi connectivity index (χ1) is 9.13. The highest BCUT2D eigenvalue weighted by Gasteiger charge is 2.43. The zero-order valence-corrected chi connectivity index (χ0v) is 9.84. The van der Waals surface area contributed by atoms with Gasteiger partial charge in [0, 0.05) is 6.54 Å². The van der Waals surface area contributed by atoms with Crippen LogP contribution >= 0.6 is 0 Å². The van der Waals surface area contributed by atoms with Crippen molar-refractivity contribution in [2.45, 2.75) is 24.5 Å². The molecular weight excluding hydrogens is 252 g/mol. The number of imidazole rings is 1. The Bertz CT molecular complexity index is 602. The van der Waals surface area contributed by atoms with Gasteiger partial charge in [0.2, 0.25) is 0 Å². The lowest BCUT2D eigenvalue weighted by Gasteiger charge is -2.16. The summed E-state index contributed by atoms with van der Waals surface area (Å²) in [6.45, 7) is -0.140. The van der Waals surface area contributed by atoms with Crippen LogP contribution in [-0.2, 0) is 4.74 Å². The third-order valence-electron chi connectivity index (χ3n) is 3.20. The zero-order valence-electron chi connectivity index (χ0n) is 9.84. The number of nitrogen functional groups attached to an aromatic ring is 1. The fourth-order valence-electron chi connectivity index (χ4n) is 2.18. The minimum atomic E-state index is -1.15. The maximum absolute atomic E-state index is 9.98. The van der Waals surface area contributed by atoms with Crippen LogP contribution in [0.15, 0.2) is 12.7 Å². The number of fused-ring (bicyclic) bond motifs is 1. The van der Waals surface area contributed by atoms with Gasteiger partial charge in [-0.05, 0) is 0 Å². The number of aliphatic hydroxyl groups is 2. The van der Waals surface area contributed by atoms with Gasteiger partial charge in [-0.25, -0.2) is 15.0 Å². The van der Waals surface area contributed by atoms with Crippen molar-refractivity contribution in [3.63, 3.8) is 0 Å². The Hall–Kier alpha value is -1.81. The second-order valence-corrected chi connectivity index (χ2v) is 4.33. The van der Waals surface area contributed by atoms with E-state index in [0.717, 1.165) is 0 Å². The van der Waals surface area contributed by atoms with E-state index in [2.05, 4.69) is 15.0 Å². The van der Waals surface area contributed by atoms with Crippen molar-refractivity contribution < 1.29 is 14.9 Å². The van der Waals surface area contributed by atoms with E-state index in [1.165, 1.54) is 17.2 Å². The van der Waals surface area contributed by atoms with Gasteiger partial charge in [0.15, 0.2) is 17.7 Å². The Morgan fingerprint density at radius 2 is 2.11 bits per heavy atom. The fraction of sp³-hybridized carbons (Fsp3) is 0.500. The Balaban J connectivity index is 2.04. The van der Waals surface area contributed by atoms with Gasteiger partial charge in [-0.3, -0.25) is 10.3 Å². The van der Waals surface area contributed by atoms with Crippen molar-refractivity contribution in [2.24, 2.45) is 0 Å². The molecule has 19 heavy (non-hydrogen) atoms. The number of rotatable bonds is 2. The number of ether oxygens (including phenoxy) is 1. The molecule has 1 saturated heterocycles. The Morgan fingerprint density at radius 3 is 2.79 bits per heavy atom. The van der Waals surface area contributed by atoms with E-state index in [-0.39, 0.29) is 12.4 Å². The molecule has 4 atom stereocenters. The Labute approximate surface area is 107 Å². The molecule has 9 heteroatoms. The first-order valence-electron chi connectivity index (χ1n) is 5.72. The van der Waals surface area contributed by atoms with Crippen molar-refractivity contribution in [1.29, 1.82) is 0 Å². The van der Waals surface area contributed by atoms with Crippen LogP contribution in [0.25, 0.3) is 11.2 Å². The highest BCUT2D eigenvalue weighted by molar-refractivity contribution is 5.81. The van der Waals surface area contributed by atoms with Crippen molar-refractivity contribution in [1.82, 2.24) is 25.3 Å². The molecule has 1 aliphatic heterocycles. The molecule has 0 saturated carbocycles. The molecule has 1 aliphatic rings. The predicted molar refractivity (Wildman–Crippen MR) is 63.6 cm³/mol. The van der Waals surface area contributed by atoms with Crippen molar-refractivity contribution in [2.75, 3.05) is 12.3 Å². The maximum atomic E-state index is 9.98. The summed E-state index contributed by atoms with van der Waals surface area (Å²) >= 11 is 0. The third-order valence-corrected chi connectivity index (χ3v) is 3.20. The summed E-state index contributed by atoms with van der Waals surface area (Å²) in [5, 5.41) is 19.7. The van der Waals surface area contributed by atoms with Crippen LogP contribution in [0.2, 0.25) is 0 Å². The van der Waals surface area contributed by atoms with Crippen LogP contribution < -0.4 is 11.5 Å². The minimum Gasteiger partial charge on any atom is -0.387 e. The molecular formula is C10H13N6O3. The molecule has 2 aromatic heterocycles. The Kier molecular flexibility index (Phi) is 2.82. The normalized spacial score (nSPS) is 31.1. The topological polar surface area (TPSA) is 143 Å². The summed E-state index contributed by atoms with van der Waals surface area (Å²) in [7, 11) is 0. The van der Waals surface area contributed by atoms with Gasteiger partial charge in [-0.1, -0.05) is 0 Å². The smallest absolute Gasteiger partial charge is 0.167 e. The molecule has 0 aromatic carbocycles.